The molecule has 162 valence electrons. The maximum atomic E-state index is 13.3. The highest BCUT2D eigenvalue weighted by Crippen LogP contribution is 2.37. The van der Waals surface area contributed by atoms with Crippen molar-refractivity contribution in [3.8, 4) is 0 Å². The molecule has 0 spiro atoms. The number of aromatic nitrogens is 1. The van der Waals surface area contributed by atoms with Crippen LogP contribution in [0.5, 0.6) is 0 Å². The van der Waals surface area contributed by atoms with Crippen LogP contribution in [0.2, 0.25) is 0 Å². The monoisotopic (exact) mass is 427 g/mol. The van der Waals surface area contributed by atoms with Crippen LogP contribution >= 0.6 is 0 Å². The highest BCUT2D eigenvalue weighted by molar-refractivity contribution is 5.93. The van der Waals surface area contributed by atoms with E-state index < -0.39 is 11.7 Å². The number of alkyl halides is 3. The van der Waals surface area contributed by atoms with Gasteiger partial charge in [0.25, 0.3) is 0 Å². The molecule has 0 amide bonds. The Morgan fingerprint density at radius 3 is 2.74 bits per heavy atom. The standard InChI is InChI=1S/C24H24F3N3O/c1-14-19(4-3-5-21(14)24(25,26)27)15(2)29-23-8-9-28-22-7-6-16(11-20(22)23)30-12-18-10-17(30)13-31-18/h3-9,11,15,17-18H,10,12-13H2,1-2H3,(H,28,29)/t15-,17+,18+/m1/s1. The Morgan fingerprint density at radius 2 is 2.03 bits per heavy atom. The summed E-state index contributed by atoms with van der Waals surface area (Å²) in [4.78, 5) is 6.85. The van der Waals surface area contributed by atoms with Crippen LogP contribution in [-0.2, 0) is 10.9 Å². The van der Waals surface area contributed by atoms with Gasteiger partial charge in [-0.1, -0.05) is 12.1 Å². The molecule has 0 unspecified atom stereocenters. The second kappa shape index (κ2) is 7.41. The molecule has 0 saturated carbocycles. The number of ether oxygens (including phenoxy) is 1. The van der Waals surface area contributed by atoms with Gasteiger partial charge in [-0.3, -0.25) is 4.98 Å². The van der Waals surface area contributed by atoms with Crippen LogP contribution in [0.1, 0.15) is 36.1 Å². The highest BCUT2D eigenvalue weighted by atomic mass is 19.4. The molecule has 1 N–H and O–H groups in total. The number of nitrogens with one attached hydrogen (secondary N) is 1. The fourth-order valence-corrected chi connectivity index (χ4v) is 4.90. The fourth-order valence-electron chi connectivity index (χ4n) is 4.90. The van der Waals surface area contributed by atoms with Crippen LogP contribution in [0.3, 0.4) is 0 Å². The summed E-state index contributed by atoms with van der Waals surface area (Å²) in [7, 11) is 0. The van der Waals surface area contributed by atoms with Gasteiger partial charge in [-0.05, 0) is 61.7 Å². The Kier molecular flexibility index (Phi) is 4.81. The van der Waals surface area contributed by atoms with Gasteiger partial charge < -0.3 is 15.0 Å². The van der Waals surface area contributed by atoms with E-state index >= 15 is 0 Å². The van der Waals surface area contributed by atoms with Crippen LogP contribution in [0.15, 0.2) is 48.7 Å². The summed E-state index contributed by atoms with van der Waals surface area (Å²) in [5.74, 6) is 0. The molecule has 2 aromatic carbocycles. The van der Waals surface area contributed by atoms with Crippen LogP contribution in [0.4, 0.5) is 24.5 Å². The van der Waals surface area contributed by atoms with Crippen LogP contribution in [0, 0.1) is 6.92 Å². The summed E-state index contributed by atoms with van der Waals surface area (Å²) in [5.41, 5.74) is 3.13. The predicted octanol–water partition coefficient (Wildman–Crippen LogP) is 5.71. The lowest BCUT2D eigenvalue weighted by atomic mass is 9.97. The van der Waals surface area contributed by atoms with Gasteiger partial charge in [0, 0.05) is 35.5 Å². The van der Waals surface area contributed by atoms with Crippen molar-refractivity contribution in [3.63, 3.8) is 0 Å². The molecule has 2 aliphatic rings. The maximum Gasteiger partial charge on any atom is 0.416 e. The number of benzene rings is 2. The molecule has 3 atom stereocenters. The summed E-state index contributed by atoms with van der Waals surface area (Å²) >= 11 is 0. The van der Waals surface area contributed by atoms with Crippen molar-refractivity contribution >= 4 is 22.3 Å². The molecule has 4 nitrogen and oxygen atoms in total. The molecule has 3 heterocycles. The average molecular weight is 427 g/mol. The molecule has 7 heteroatoms. The number of hydrogen-bond donors (Lipinski definition) is 1. The van der Waals surface area contributed by atoms with Crippen molar-refractivity contribution in [1.82, 2.24) is 4.98 Å². The first-order chi connectivity index (χ1) is 14.8. The van der Waals surface area contributed by atoms with Gasteiger partial charge in [-0.2, -0.15) is 13.2 Å². The molecule has 0 aliphatic carbocycles. The van der Waals surface area contributed by atoms with Crippen LogP contribution < -0.4 is 10.2 Å². The molecule has 2 bridgehead atoms. The van der Waals surface area contributed by atoms with Gasteiger partial charge in [0.1, 0.15) is 0 Å². The number of anilines is 2. The summed E-state index contributed by atoms with van der Waals surface area (Å²) in [5, 5.41) is 4.38. The van der Waals surface area contributed by atoms with Crippen molar-refractivity contribution in [2.75, 3.05) is 23.4 Å². The lowest BCUT2D eigenvalue weighted by Gasteiger charge is -2.29. The lowest BCUT2D eigenvalue weighted by Crippen LogP contribution is -2.36. The molecule has 31 heavy (non-hydrogen) atoms. The van der Waals surface area contributed by atoms with E-state index in [1.165, 1.54) is 13.0 Å². The third-order valence-electron chi connectivity index (χ3n) is 6.48. The SMILES string of the molecule is Cc1c([C@@H](C)Nc2ccnc3ccc(N4C[C@@H]5C[C@H]4CO5)cc23)cccc1C(F)(F)F. The number of halogens is 3. The minimum atomic E-state index is -4.36. The molecule has 2 saturated heterocycles. The van der Waals surface area contributed by atoms with Gasteiger partial charge in [-0.15, -0.1) is 0 Å². The molecular formula is C24H24F3N3O. The largest absolute Gasteiger partial charge is 0.416 e. The van der Waals surface area contributed by atoms with E-state index in [0.29, 0.717) is 17.7 Å². The summed E-state index contributed by atoms with van der Waals surface area (Å²) in [6, 6.07) is 12.5. The summed E-state index contributed by atoms with van der Waals surface area (Å²) < 4.78 is 45.7. The van der Waals surface area contributed by atoms with Crippen molar-refractivity contribution < 1.29 is 17.9 Å². The third kappa shape index (κ3) is 3.61. The first kappa shape index (κ1) is 20.1. The fraction of sp³-hybridized carbons (Fsp3) is 0.375. The quantitative estimate of drug-likeness (QED) is 0.579. The van der Waals surface area contributed by atoms with E-state index in [1.54, 1.807) is 12.3 Å². The van der Waals surface area contributed by atoms with Gasteiger partial charge in [0.05, 0.1) is 29.8 Å². The Morgan fingerprint density at radius 1 is 1.19 bits per heavy atom. The van der Waals surface area contributed by atoms with E-state index in [1.807, 2.05) is 19.1 Å². The average Bonchev–Trinajstić information content (AvgIpc) is 3.37. The minimum Gasteiger partial charge on any atom is -0.378 e. The number of morpholine rings is 1. The molecule has 2 aliphatic heterocycles. The Labute approximate surface area is 179 Å². The number of nitrogens with zero attached hydrogens (tertiary/aromatic N) is 2. The van der Waals surface area contributed by atoms with E-state index in [-0.39, 0.29) is 11.6 Å². The van der Waals surface area contributed by atoms with E-state index in [9.17, 15) is 13.2 Å². The molecular weight excluding hydrogens is 403 g/mol. The molecule has 2 fully saturated rings. The second-order valence-electron chi connectivity index (χ2n) is 8.44. The zero-order chi connectivity index (χ0) is 21.8. The highest BCUT2D eigenvalue weighted by Gasteiger charge is 2.39. The van der Waals surface area contributed by atoms with Crippen LogP contribution in [0.25, 0.3) is 10.9 Å². The van der Waals surface area contributed by atoms with Gasteiger partial charge in [0.15, 0.2) is 0 Å². The molecule has 5 rings (SSSR count). The Hall–Kier alpha value is -2.80. The first-order valence-electron chi connectivity index (χ1n) is 10.5. The van der Waals surface area contributed by atoms with E-state index in [4.69, 9.17) is 4.74 Å². The number of pyridine rings is 1. The van der Waals surface area contributed by atoms with Crippen molar-refractivity contribution in [2.45, 2.75) is 44.6 Å². The molecule has 3 aromatic rings. The maximum absolute atomic E-state index is 13.3. The van der Waals surface area contributed by atoms with E-state index in [0.717, 1.165) is 47.9 Å². The summed E-state index contributed by atoms with van der Waals surface area (Å²) in [6.07, 6.45) is -1.28. The normalized spacial score (nSPS) is 21.6. The molecule has 0 radical (unpaired) electrons. The Balaban J connectivity index is 1.47. The number of rotatable bonds is 4. The Bertz CT molecular complexity index is 1130. The summed E-state index contributed by atoms with van der Waals surface area (Å²) in [6.45, 7) is 5.06. The van der Waals surface area contributed by atoms with E-state index in [2.05, 4.69) is 27.3 Å². The topological polar surface area (TPSA) is 37.4 Å². The van der Waals surface area contributed by atoms with Crippen molar-refractivity contribution in [3.05, 3.63) is 65.4 Å². The third-order valence-corrected chi connectivity index (χ3v) is 6.48. The number of hydrogen-bond acceptors (Lipinski definition) is 4. The van der Waals surface area contributed by atoms with Crippen LogP contribution in [-0.4, -0.2) is 30.3 Å². The van der Waals surface area contributed by atoms with Crippen molar-refractivity contribution in [1.29, 1.82) is 0 Å². The minimum absolute atomic E-state index is 0.252. The van der Waals surface area contributed by atoms with Crippen molar-refractivity contribution in [2.24, 2.45) is 0 Å². The lowest BCUT2D eigenvalue weighted by molar-refractivity contribution is -0.138. The zero-order valence-electron chi connectivity index (χ0n) is 17.4. The number of fused-ring (bicyclic) bond motifs is 3. The van der Waals surface area contributed by atoms with Gasteiger partial charge in [-0.25, -0.2) is 0 Å². The van der Waals surface area contributed by atoms with Gasteiger partial charge in [0.2, 0.25) is 0 Å². The first-order valence-corrected chi connectivity index (χ1v) is 10.5. The molecule has 1 aromatic heterocycles. The second-order valence-corrected chi connectivity index (χ2v) is 8.44. The van der Waals surface area contributed by atoms with Gasteiger partial charge >= 0.3 is 6.18 Å². The predicted molar refractivity (Wildman–Crippen MR) is 115 cm³/mol. The zero-order valence-corrected chi connectivity index (χ0v) is 17.4. The smallest absolute Gasteiger partial charge is 0.378 e.